The Hall–Kier alpha value is -2.34. The van der Waals surface area contributed by atoms with Crippen LogP contribution >= 0.6 is 0 Å². The molecule has 3 nitrogen and oxygen atoms in total. The molecule has 0 aromatic heterocycles. The zero-order valence-corrected chi connectivity index (χ0v) is 17.7. The van der Waals surface area contributed by atoms with Gasteiger partial charge < -0.3 is 5.32 Å². The number of carbonyl (C=O) groups excluding carboxylic acids is 1. The summed E-state index contributed by atoms with van der Waals surface area (Å²) in [6.07, 6.45) is -1.30. The van der Waals surface area contributed by atoms with E-state index in [0.717, 1.165) is 43.5 Å². The second kappa shape index (κ2) is 8.80. The summed E-state index contributed by atoms with van der Waals surface area (Å²) < 4.78 is 38.5. The third-order valence-corrected chi connectivity index (χ3v) is 6.54. The third kappa shape index (κ3) is 4.69. The molecule has 3 rings (SSSR count). The maximum atomic E-state index is 13.0. The number of nitrogens with one attached hydrogen (secondary N) is 1. The average molecular weight is 419 g/mol. The van der Waals surface area contributed by atoms with E-state index in [-0.39, 0.29) is 23.1 Å². The Morgan fingerprint density at radius 3 is 2.33 bits per heavy atom. The van der Waals surface area contributed by atoms with Gasteiger partial charge in [-0.2, -0.15) is 13.2 Å². The molecular weight excluding hydrogens is 389 g/mol. The predicted octanol–water partition coefficient (Wildman–Crippen LogP) is 5.69. The van der Waals surface area contributed by atoms with Crippen molar-refractivity contribution in [3.8, 4) is 0 Å². The van der Waals surface area contributed by atoms with Gasteiger partial charge >= 0.3 is 6.18 Å². The van der Waals surface area contributed by atoms with Gasteiger partial charge in [-0.1, -0.05) is 43.7 Å². The van der Waals surface area contributed by atoms with Crippen LogP contribution < -0.4 is 5.32 Å². The SMILES string of the molecule is CCC1CCC(C)(C(NC(=O)c2ccc(C(F)(F)F)cc2)c2ccccc2)N(C)C1. The van der Waals surface area contributed by atoms with E-state index in [1.165, 1.54) is 12.1 Å². The zero-order chi connectivity index (χ0) is 21.9. The molecule has 2 aromatic carbocycles. The summed E-state index contributed by atoms with van der Waals surface area (Å²) in [6.45, 7) is 5.30. The number of hydrogen-bond donors (Lipinski definition) is 1. The van der Waals surface area contributed by atoms with Crippen LogP contribution in [0.15, 0.2) is 54.6 Å². The van der Waals surface area contributed by atoms with Crippen LogP contribution in [0.4, 0.5) is 13.2 Å². The first-order valence-corrected chi connectivity index (χ1v) is 10.4. The standard InChI is InChI=1S/C24H29F3N2O/c1-4-17-14-15-23(2,29(3)16-17)21(18-8-6-5-7-9-18)28-22(30)19-10-12-20(13-11-19)24(25,26)27/h5-13,17,21H,4,14-16H2,1-3H3,(H,28,30). The molecule has 30 heavy (non-hydrogen) atoms. The van der Waals surface area contributed by atoms with Crippen molar-refractivity contribution in [2.45, 2.75) is 50.9 Å². The summed E-state index contributed by atoms with van der Waals surface area (Å²) >= 11 is 0. The van der Waals surface area contributed by atoms with E-state index in [0.29, 0.717) is 5.92 Å². The minimum absolute atomic E-state index is 0.220. The van der Waals surface area contributed by atoms with Gasteiger partial charge in [0.05, 0.1) is 11.6 Å². The molecule has 1 N–H and O–H groups in total. The highest BCUT2D eigenvalue weighted by molar-refractivity contribution is 5.94. The van der Waals surface area contributed by atoms with Crippen molar-refractivity contribution in [1.82, 2.24) is 10.2 Å². The number of benzene rings is 2. The summed E-state index contributed by atoms with van der Waals surface area (Å²) in [5.74, 6) is 0.259. The Kier molecular flexibility index (Phi) is 6.56. The number of piperidine rings is 1. The lowest BCUT2D eigenvalue weighted by molar-refractivity contribution is -0.137. The Morgan fingerprint density at radius 2 is 1.80 bits per heavy atom. The van der Waals surface area contributed by atoms with Gasteiger partial charge in [-0.15, -0.1) is 0 Å². The summed E-state index contributed by atoms with van der Waals surface area (Å²) in [7, 11) is 2.09. The van der Waals surface area contributed by atoms with Crippen LogP contribution in [0.1, 0.15) is 60.6 Å². The molecule has 3 atom stereocenters. The highest BCUT2D eigenvalue weighted by Gasteiger charge is 2.43. The van der Waals surface area contributed by atoms with Crippen LogP contribution in [-0.2, 0) is 6.18 Å². The quantitative estimate of drug-likeness (QED) is 0.677. The normalized spacial score (nSPS) is 23.7. The van der Waals surface area contributed by atoms with E-state index >= 15 is 0 Å². The van der Waals surface area contributed by atoms with Gasteiger partial charge in [0, 0.05) is 17.6 Å². The van der Waals surface area contributed by atoms with Crippen LogP contribution in [0.25, 0.3) is 0 Å². The molecular formula is C24H29F3N2O. The largest absolute Gasteiger partial charge is 0.416 e. The van der Waals surface area contributed by atoms with E-state index in [1.807, 2.05) is 30.3 Å². The van der Waals surface area contributed by atoms with Crippen LogP contribution in [0.2, 0.25) is 0 Å². The number of rotatable bonds is 5. The van der Waals surface area contributed by atoms with Gasteiger partial charge in [0.25, 0.3) is 5.91 Å². The molecule has 6 heteroatoms. The van der Waals surface area contributed by atoms with Crippen molar-refractivity contribution in [2.24, 2.45) is 5.92 Å². The maximum absolute atomic E-state index is 13.0. The topological polar surface area (TPSA) is 32.3 Å². The van der Waals surface area contributed by atoms with Gasteiger partial charge in [0.15, 0.2) is 0 Å². The molecule has 162 valence electrons. The van der Waals surface area contributed by atoms with Gasteiger partial charge in [0.2, 0.25) is 0 Å². The van der Waals surface area contributed by atoms with Gasteiger partial charge in [-0.25, -0.2) is 0 Å². The van der Waals surface area contributed by atoms with Gasteiger partial charge in [-0.05, 0) is 62.6 Å². The molecule has 0 bridgehead atoms. The second-order valence-corrected chi connectivity index (χ2v) is 8.44. The molecule has 0 radical (unpaired) electrons. The number of likely N-dealkylation sites (N-methyl/N-ethyl adjacent to an activating group) is 1. The molecule has 1 aliphatic heterocycles. The molecule has 1 amide bonds. The fourth-order valence-corrected chi connectivity index (χ4v) is 4.34. The summed E-state index contributed by atoms with van der Waals surface area (Å²) in [5, 5.41) is 3.12. The van der Waals surface area contributed by atoms with Crippen LogP contribution in [0.3, 0.4) is 0 Å². The van der Waals surface area contributed by atoms with E-state index in [9.17, 15) is 18.0 Å². The molecule has 1 aliphatic rings. The first-order valence-electron chi connectivity index (χ1n) is 10.4. The van der Waals surface area contributed by atoms with Crippen LogP contribution in [-0.4, -0.2) is 29.9 Å². The van der Waals surface area contributed by atoms with Crippen LogP contribution in [0.5, 0.6) is 0 Å². The monoisotopic (exact) mass is 418 g/mol. The lowest BCUT2D eigenvalue weighted by Gasteiger charge is -2.50. The Bertz CT molecular complexity index is 851. The Labute approximate surface area is 176 Å². The molecule has 1 fully saturated rings. The smallest absolute Gasteiger partial charge is 0.343 e. The number of hydrogen-bond acceptors (Lipinski definition) is 2. The summed E-state index contributed by atoms with van der Waals surface area (Å²) in [6, 6.07) is 13.9. The zero-order valence-electron chi connectivity index (χ0n) is 17.7. The van der Waals surface area contributed by atoms with E-state index in [2.05, 4.69) is 31.1 Å². The summed E-state index contributed by atoms with van der Waals surface area (Å²) in [4.78, 5) is 15.3. The Balaban J connectivity index is 1.88. The molecule has 0 aliphatic carbocycles. The Morgan fingerprint density at radius 1 is 1.17 bits per heavy atom. The number of likely N-dealkylation sites (tertiary alicyclic amines) is 1. The number of alkyl halides is 3. The van der Waals surface area contributed by atoms with Crippen molar-refractivity contribution >= 4 is 5.91 Å². The van der Waals surface area contributed by atoms with Crippen molar-refractivity contribution in [3.63, 3.8) is 0 Å². The fraction of sp³-hybridized carbons (Fsp3) is 0.458. The molecule has 2 aromatic rings. The molecule has 0 spiro atoms. The number of nitrogens with zero attached hydrogens (tertiary/aromatic N) is 1. The number of carbonyl (C=O) groups is 1. The fourth-order valence-electron chi connectivity index (χ4n) is 4.34. The minimum Gasteiger partial charge on any atom is -0.343 e. The van der Waals surface area contributed by atoms with Gasteiger partial charge in [0.1, 0.15) is 0 Å². The predicted molar refractivity (Wildman–Crippen MR) is 112 cm³/mol. The van der Waals surface area contributed by atoms with E-state index in [1.54, 1.807) is 0 Å². The molecule has 3 unspecified atom stereocenters. The minimum atomic E-state index is -4.42. The van der Waals surface area contributed by atoms with E-state index in [4.69, 9.17) is 0 Å². The van der Waals surface area contributed by atoms with E-state index < -0.39 is 11.7 Å². The molecule has 1 saturated heterocycles. The van der Waals surface area contributed by atoms with Crippen molar-refractivity contribution in [2.75, 3.05) is 13.6 Å². The second-order valence-electron chi connectivity index (χ2n) is 8.44. The first kappa shape index (κ1) is 22.3. The van der Waals surface area contributed by atoms with Crippen molar-refractivity contribution < 1.29 is 18.0 Å². The first-order chi connectivity index (χ1) is 14.1. The van der Waals surface area contributed by atoms with Gasteiger partial charge in [-0.3, -0.25) is 9.69 Å². The average Bonchev–Trinajstić information content (AvgIpc) is 2.74. The highest BCUT2D eigenvalue weighted by atomic mass is 19.4. The lowest BCUT2D eigenvalue weighted by atomic mass is 9.75. The molecule has 1 heterocycles. The number of halogens is 3. The van der Waals surface area contributed by atoms with Crippen molar-refractivity contribution in [3.05, 3.63) is 71.3 Å². The molecule has 0 saturated carbocycles. The van der Waals surface area contributed by atoms with Crippen LogP contribution in [0, 0.1) is 5.92 Å². The van der Waals surface area contributed by atoms with Crippen molar-refractivity contribution in [1.29, 1.82) is 0 Å². The number of amides is 1. The maximum Gasteiger partial charge on any atom is 0.416 e. The summed E-state index contributed by atoms with van der Waals surface area (Å²) in [5.41, 5.74) is 0.150. The third-order valence-electron chi connectivity index (χ3n) is 6.54. The lowest BCUT2D eigenvalue weighted by Crippen LogP contribution is -2.57. The highest BCUT2D eigenvalue weighted by Crippen LogP contribution is 2.40.